The van der Waals surface area contributed by atoms with Gasteiger partial charge in [-0.2, -0.15) is 0 Å². The molecule has 3 rings (SSSR count). The summed E-state index contributed by atoms with van der Waals surface area (Å²) in [5, 5.41) is 0. The molecule has 0 spiro atoms. The molecule has 4 nitrogen and oxygen atoms in total. The standard InChI is InChI=1S/C22H28O4S/c1-17-9-11-21(12-10-17)27(23)16-20-13-19(25-22(2,3)26-20)15-24-14-18-7-5-4-6-8-18/h4-12,19-20H,13-16H2,1-3H3/t19-,20-,27+/m1/s1. The second kappa shape index (κ2) is 9.11. The third kappa shape index (κ3) is 6.25. The van der Waals surface area contributed by atoms with E-state index in [-0.39, 0.29) is 12.2 Å². The van der Waals surface area contributed by atoms with E-state index in [0.717, 1.165) is 16.0 Å². The van der Waals surface area contributed by atoms with Gasteiger partial charge in [0, 0.05) is 11.3 Å². The molecule has 3 atom stereocenters. The van der Waals surface area contributed by atoms with Crippen LogP contribution in [0, 0.1) is 6.92 Å². The number of aryl methyl sites for hydroxylation is 1. The maximum absolute atomic E-state index is 12.7. The minimum absolute atomic E-state index is 0.0718. The quantitative estimate of drug-likeness (QED) is 0.712. The fourth-order valence-electron chi connectivity index (χ4n) is 3.26. The highest BCUT2D eigenvalue weighted by atomic mass is 32.2. The molecule has 1 heterocycles. The Morgan fingerprint density at radius 3 is 2.41 bits per heavy atom. The second-order valence-electron chi connectivity index (χ2n) is 7.44. The number of hydrogen-bond donors (Lipinski definition) is 0. The molecule has 5 heteroatoms. The molecule has 0 unspecified atom stereocenters. The SMILES string of the molecule is Cc1ccc([S@@](=O)C[C@H]2C[C@H](COCc3ccccc3)OC(C)(C)O2)cc1. The van der Waals surface area contributed by atoms with Gasteiger partial charge < -0.3 is 14.2 Å². The van der Waals surface area contributed by atoms with Crippen LogP contribution in [-0.2, 0) is 31.6 Å². The van der Waals surface area contributed by atoms with Gasteiger partial charge >= 0.3 is 0 Å². The Balaban J connectivity index is 1.54. The van der Waals surface area contributed by atoms with Crippen molar-refractivity contribution in [3.8, 4) is 0 Å². The van der Waals surface area contributed by atoms with Crippen LogP contribution in [0.25, 0.3) is 0 Å². The highest BCUT2D eigenvalue weighted by Crippen LogP contribution is 2.28. The summed E-state index contributed by atoms with van der Waals surface area (Å²) in [5.74, 6) is -0.244. The molecular formula is C22H28O4S. The lowest BCUT2D eigenvalue weighted by Gasteiger charge is -2.40. The Labute approximate surface area is 164 Å². The molecule has 2 aromatic carbocycles. The first-order valence-corrected chi connectivity index (χ1v) is 10.7. The van der Waals surface area contributed by atoms with Crippen LogP contribution in [0.5, 0.6) is 0 Å². The van der Waals surface area contributed by atoms with Crippen molar-refractivity contribution >= 4 is 10.8 Å². The fourth-order valence-corrected chi connectivity index (χ4v) is 4.44. The number of rotatable bonds is 7. The first-order valence-electron chi connectivity index (χ1n) is 9.34. The predicted octanol–water partition coefficient (Wildman–Crippen LogP) is 4.23. The van der Waals surface area contributed by atoms with E-state index in [1.807, 2.05) is 75.4 Å². The highest BCUT2D eigenvalue weighted by Gasteiger charge is 2.36. The highest BCUT2D eigenvalue weighted by molar-refractivity contribution is 7.85. The lowest BCUT2D eigenvalue weighted by atomic mass is 10.1. The van der Waals surface area contributed by atoms with Crippen molar-refractivity contribution in [2.24, 2.45) is 0 Å². The average Bonchev–Trinajstić information content (AvgIpc) is 2.62. The van der Waals surface area contributed by atoms with Crippen LogP contribution in [0.1, 0.15) is 31.4 Å². The molecule has 1 aliphatic rings. The second-order valence-corrected chi connectivity index (χ2v) is 8.94. The average molecular weight is 389 g/mol. The molecule has 2 aromatic rings. The molecule has 0 aromatic heterocycles. The molecule has 1 saturated heterocycles. The fraction of sp³-hybridized carbons (Fsp3) is 0.455. The van der Waals surface area contributed by atoms with Crippen molar-refractivity contribution in [3.05, 3.63) is 65.7 Å². The summed E-state index contributed by atoms with van der Waals surface area (Å²) in [6.07, 6.45) is 0.481. The molecule has 0 radical (unpaired) electrons. The normalized spacial score (nSPS) is 23.1. The van der Waals surface area contributed by atoms with Gasteiger partial charge in [0.2, 0.25) is 0 Å². The van der Waals surface area contributed by atoms with Gasteiger partial charge in [0.15, 0.2) is 5.79 Å². The van der Waals surface area contributed by atoms with Gasteiger partial charge in [0.1, 0.15) is 0 Å². The van der Waals surface area contributed by atoms with Crippen molar-refractivity contribution in [1.82, 2.24) is 0 Å². The Bertz CT molecular complexity index is 743. The maximum atomic E-state index is 12.7. The van der Waals surface area contributed by atoms with E-state index in [1.54, 1.807) is 0 Å². The molecule has 1 aliphatic heterocycles. The summed E-state index contributed by atoms with van der Waals surface area (Å²) in [6, 6.07) is 17.9. The number of ether oxygens (including phenoxy) is 3. The molecule has 0 aliphatic carbocycles. The minimum atomic E-state index is -1.09. The Morgan fingerprint density at radius 2 is 1.70 bits per heavy atom. The predicted molar refractivity (Wildman–Crippen MR) is 107 cm³/mol. The van der Waals surface area contributed by atoms with Crippen LogP contribution in [0.15, 0.2) is 59.5 Å². The van der Waals surface area contributed by atoms with Crippen LogP contribution < -0.4 is 0 Å². The van der Waals surface area contributed by atoms with Gasteiger partial charge in [0.25, 0.3) is 0 Å². The van der Waals surface area contributed by atoms with E-state index in [4.69, 9.17) is 14.2 Å². The van der Waals surface area contributed by atoms with E-state index in [9.17, 15) is 4.21 Å². The van der Waals surface area contributed by atoms with Crippen molar-refractivity contribution in [2.75, 3.05) is 12.4 Å². The number of benzene rings is 2. The zero-order chi connectivity index (χ0) is 19.3. The Morgan fingerprint density at radius 1 is 1.04 bits per heavy atom. The third-order valence-corrected chi connectivity index (χ3v) is 5.94. The zero-order valence-corrected chi connectivity index (χ0v) is 17.0. The van der Waals surface area contributed by atoms with Crippen molar-refractivity contribution in [3.63, 3.8) is 0 Å². The summed E-state index contributed by atoms with van der Waals surface area (Å²) in [6.45, 7) is 6.88. The maximum Gasteiger partial charge on any atom is 0.163 e. The molecule has 0 amide bonds. The largest absolute Gasteiger partial charge is 0.374 e. The van der Waals surface area contributed by atoms with Gasteiger partial charge in [-0.3, -0.25) is 4.21 Å². The van der Waals surface area contributed by atoms with Crippen molar-refractivity contribution in [2.45, 2.75) is 56.7 Å². The van der Waals surface area contributed by atoms with Gasteiger partial charge in [0.05, 0.1) is 42.0 Å². The summed E-state index contributed by atoms with van der Waals surface area (Å²) in [4.78, 5) is 0.838. The Hall–Kier alpha value is -1.53. The summed E-state index contributed by atoms with van der Waals surface area (Å²) >= 11 is 0. The first-order chi connectivity index (χ1) is 12.9. The van der Waals surface area contributed by atoms with Gasteiger partial charge in [-0.15, -0.1) is 0 Å². The van der Waals surface area contributed by atoms with Gasteiger partial charge in [-0.05, 0) is 38.5 Å². The zero-order valence-electron chi connectivity index (χ0n) is 16.2. The Kier molecular flexibility index (Phi) is 6.82. The van der Waals surface area contributed by atoms with Crippen molar-refractivity contribution < 1.29 is 18.4 Å². The van der Waals surface area contributed by atoms with E-state index in [2.05, 4.69) is 0 Å². The molecular weight excluding hydrogens is 360 g/mol. The molecule has 146 valence electrons. The lowest BCUT2D eigenvalue weighted by Crippen LogP contribution is -2.47. The first kappa shape index (κ1) is 20.2. The third-order valence-electron chi connectivity index (χ3n) is 4.46. The summed E-state index contributed by atoms with van der Waals surface area (Å²) < 4.78 is 30.6. The van der Waals surface area contributed by atoms with E-state index >= 15 is 0 Å². The molecule has 0 N–H and O–H groups in total. The van der Waals surface area contributed by atoms with E-state index in [1.165, 1.54) is 0 Å². The van der Waals surface area contributed by atoms with Gasteiger partial charge in [-0.1, -0.05) is 48.0 Å². The molecule has 0 bridgehead atoms. The molecule has 0 saturated carbocycles. The van der Waals surface area contributed by atoms with Crippen LogP contribution in [0.3, 0.4) is 0 Å². The smallest absolute Gasteiger partial charge is 0.163 e. The van der Waals surface area contributed by atoms with E-state index in [0.29, 0.717) is 25.4 Å². The molecule has 27 heavy (non-hydrogen) atoms. The van der Waals surface area contributed by atoms with Crippen LogP contribution >= 0.6 is 0 Å². The van der Waals surface area contributed by atoms with Crippen LogP contribution in [-0.4, -0.2) is 34.6 Å². The monoisotopic (exact) mass is 388 g/mol. The summed E-state index contributed by atoms with van der Waals surface area (Å²) in [7, 11) is -1.09. The van der Waals surface area contributed by atoms with Crippen LogP contribution in [0.2, 0.25) is 0 Å². The van der Waals surface area contributed by atoms with E-state index < -0.39 is 16.6 Å². The topological polar surface area (TPSA) is 44.8 Å². The lowest BCUT2D eigenvalue weighted by molar-refractivity contribution is -0.301. The van der Waals surface area contributed by atoms with Crippen molar-refractivity contribution in [1.29, 1.82) is 0 Å². The number of hydrogen-bond acceptors (Lipinski definition) is 4. The molecule has 1 fully saturated rings. The summed E-state index contributed by atoms with van der Waals surface area (Å²) in [5.41, 5.74) is 2.30. The van der Waals surface area contributed by atoms with Crippen LogP contribution in [0.4, 0.5) is 0 Å². The van der Waals surface area contributed by atoms with Gasteiger partial charge in [-0.25, -0.2) is 0 Å². The minimum Gasteiger partial charge on any atom is -0.374 e.